The van der Waals surface area contributed by atoms with Crippen LogP contribution in [0.25, 0.3) is 0 Å². The summed E-state index contributed by atoms with van der Waals surface area (Å²) in [6.07, 6.45) is 2.71. The lowest BCUT2D eigenvalue weighted by Crippen LogP contribution is -2.51. The lowest BCUT2D eigenvalue weighted by atomic mass is 10.3. The minimum Gasteiger partial charge on any atom is -0.451 e. The van der Waals surface area contributed by atoms with Crippen molar-refractivity contribution in [3.8, 4) is 0 Å². The van der Waals surface area contributed by atoms with Crippen LogP contribution in [0.3, 0.4) is 0 Å². The Morgan fingerprint density at radius 1 is 1.10 bits per heavy atom. The van der Waals surface area contributed by atoms with E-state index in [-0.39, 0.29) is 42.5 Å². The fourth-order valence-corrected chi connectivity index (χ4v) is 4.65. The van der Waals surface area contributed by atoms with E-state index < -0.39 is 28.5 Å². The molecular formula is C17H21N5O6S. The van der Waals surface area contributed by atoms with Gasteiger partial charge >= 0.3 is 5.97 Å². The van der Waals surface area contributed by atoms with Crippen molar-refractivity contribution in [2.75, 3.05) is 32.8 Å². The van der Waals surface area contributed by atoms with Crippen molar-refractivity contribution in [1.82, 2.24) is 24.3 Å². The number of carbonyl (C=O) groups is 2. The number of hydrogen-bond donors (Lipinski definition) is 0. The van der Waals surface area contributed by atoms with Gasteiger partial charge in [0.2, 0.25) is 10.0 Å². The van der Waals surface area contributed by atoms with Crippen LogP contribution >= 0.6 is 0 Å². The number of aryl methyl sites for hydroxylation is 3. The van der Waals surface area contributed by atoms with Crippen molar-refractivity contribution in [1.29, 1.82) is 0 Å². The third-order valence-electron chi connectivity index (χ3n) is 4.47. The van der Waals surface area contributed by atoms with E-state index in [0.29, 0.717) is 11.4 Å². The Labute approximate surface area is 167 Å². The van der Waals surface area contributed by atoms with Crippen LogP contribution < -0.4 is 0 Å². The Kier molecular flexibility index (Phi) is 5.94. The van der Waals surface area contributed by atoms with E-state index >= 15 is 0 Å². The summed E-state index contributed by atoms with van der Waals surface area (Å²) in [5.41, 5.74) is 0.966. The van der Waals surface area contributed by atoms with Gasteiger partial charge in [0.25, 0.3) is 5.91 Å². The highest BCUT2D eigenvalue weighted by molar-refractivity contribution is 7.89. The highest BCUT2D eigenvalue weighted by Crippen LogP contribution is 2.24. The number of nitrogens with zero attached hydrogens (tertiary/aromatic N) is 5. The van der Waals surface area contributed by atoms with Gasteiger partial charge in [0.1, 0.15) is 10.6 Å². The Morgan fingerprint density at radius 3 is 2.34 bits per heavy atom. The number of hydrogen-bond acceptors (Lipinski definition) is 9. The Balaban J connectivity index is 1.54. The molecule has 0 bridgehead atoms. The summed E-state index contributed by atoms with van der Waals surface area (Å²) in [6, 6.07) is 0. The van der Waals surface area contributed by atoms with Crippen LogP contribution in [0.1, 0.15) is 27.6 Å². The molecule has 0 aliphatic carbocycles. The summed E-state index contributed by atoms with van der Waals surface area (Å²) in [6.45, 7) is 5.00. The number of piperazine rings is 1. The molecule has 3 heterocycles. The van der Waals surface area contributed by atoms with E-state index in [4.69, 9.17) is 9.26 Å². The summed E-state index contributed by atoms with van der Waals surface area (Å²) in [4.78, 5) is 33.6. The van der Waals surface area contributed by atoms with Gasteiger partial charge in [-0.05, 0) is 20.8 Å². The molecule has 2 aromatic heterocycles. The van der Waals surface area contributed by atoms with Gasteiger partial charge in [0.15, 0.2) is 18.1 Å². The first-order valence-corrected chi connectivity index (χ1v) is 10.3. The predicted molar refractivity (Wildman–Crippen MR) is 98.4 cm³/mol. The molecule has 11 nitrogen and oxygen atoms in total. The Morgan fingerprint density at radius 2 is 1.79 bits per heavy atom. The predicted octanol–water partition coefficient (Wildman–Crippen LogP) is 0.0798. The second kappa shape index (κ2) is 8.25. The van der Waals surface area contributed by atoms with Crippen LogP contribution in [0, 0.1) is 20.8 Å². The van der Waals surface area contributed by atoms with Crippen molar-refractivity contribution in [2.45, 2.75) is 25.7 Å². The van der Waals surface area contributed by atoms with Gasteiger partial charge < -0.3 is 14.2 Å². The average molecular weight is 423 g/mol. The average Bonchev–Trinajstić information content (AvgIpc) is 3.05. The monoisotopic (exact) mass is 423 g/mol. The van der Waals surface area contributed by atoms with Crippen LogP contribution in [0.5, 0.6) is 0 Å². The Bertz CT molecular complexity index is 990. The number of carbonyl (C=O) groups excluding carboxylic acids is 2. The minimum absolute atomic E-state index is 0.0128. The van der Waals surface area contributed by atoms with Crippen LogP contribution in [-0.4, -0.2) is 77.4 Å². The lowest BCUT2D eigenvalue weighted by Gasteiger charge is -2.33. The highest BCUT2D eigenvalue weighted by Gasteiger charge is 2.34. The molecule has 156 valence electrons. The standard InChI is InChI=1S/C17H21N5O6S/c1-11-8-19-14(9-18-11)17(24)27-10-15(23)21-4-6-22(7-5-21)29(25,26)16-12(2)20-28-13(16)3/h8-9H,4-7,10H2,1-3H3. The van der Waals surface area contributed by atoms with Gasteiger partial charge in [-0.25, -0.2) is 18.2 Å². The van der Waals surface area contributed by atoms with Crippen molar-refractivity contribution < 1.29 is 27.3 Å². The zero-order valence-electron chi connectivity index (χ0n) is 16.3. The second-order valence-electron chi connectivity index (χ2n) is 6.56. The first-order valence-electron chi connectivity index (χ1n) is 8.86. The lowest BCUT2D eigenvalue weighted by molar-refractivity contribution is -0.135. The molecule has 0 N–H and O–H groups in total. The van der Waals surface area contributed by atoms with Gasteiger partial charge in [-0.2, -0.15) is 4.31 Å². The molecule has 3 rings (SSSR count). The van der Waals surface area contributed by atoms with E-state index in [0.717, 1.165) is 0 Å². The van der Waals surface area contributed by atoms with E-state index in [1.54, 1.807) is 20.8 Å². The largest absolute Gasteiger partial charge is 0.451 e. The van der Waals surface area contributed by atoms with Gasteiger partial charge in [0.05, 0.1) is 11.9 Å². The van der Waals surface area contributed by atoms with Crippen molar-refractivity contribution >= 4 is 21.9 Å². The number of esters is 1. The topological polar surface area (TPSA) is 136 Å². The third-order valence-corrected chi connectivity index (χ3v) is 6.62. The minimum atomic E-state index is -3.76. The summed E-state index contributed by atoms with van der Waals surface area (Å²) in [5, 5.41) is 3.69. The molecule has 29 heavy (non-hydrogen) atoms. The van der Waals surface area contributed by atoms with Gasteiger partial charge in [0, 0.05) is 32.4 Å². The number of rotatable bonds is 5. The maximum absolute atomic E-state index is 12.8. The molecule has 2 aromatic rings. The number of aromatic nitrogens is 3. The van der Waals surface area contributed by atoms with Gasteiger partial charge in [-0.1, -0.05) is 5.16 Å². The molecule has 0 aromatic carbocycles. The fraction of sp³-hybridized carbons (Fsp3) is 0.471. The Hall–Kier alpha value is -2.86. The highest BCUT2D eigenvalue weighted by atomic mass is 32.2. The molecular weight excluding hydrogens is 402 g/mol. The van der Waals surface area contributed by atoms with Crippen LogP contribution in [0.15, 0.2) is 21.8 Å². The number of sulfonamides is 1. The summed E-state index contributed by atoms with van der Waals surface area (Å²) >= 11 is 0. The molecule has 1 saturated heterocycles. The zero-order chi connectivity index (χ0) is 21.2. The molecule has 0 unspecified atom stereocenters. The van der Waals surface area contributed by atoms with Gasteiger partial charge in [-0.15, -0.1) is 0 Å². The molecule has 0 spiro atoms. The molecule has 12 heteroatoms. The van der Waals surface area contributed by atoms with Crippen molar-refractivity contribution in [2.24, 2.45) is 0 Å². The molecule has 1 fully saturated rings. The van der Waals surface area contributed by atoms with Crippen LogP contribution in [-0.2, 0) is 19.6 Å². The zero-order valence-corrected chi connectivity index (χ0v) is 17.1. The normalized spacial score (nSPS) is 15.3. The molecule has 0 saturated carbocycles. The first-order chi connectivity index (χ1) is 13.7. The maximum Gasteiger partial charge on any atom is 0.359 e. The van der Waals surface area contributed by atoms with E-state index in [2.05, 4.69) is 15.1 Å². The van der Waals surface area contributed by atoms with Gasteiger partial charge in [-0.3, -0.25) is 9.78 Å². The van der Waals surface area contributed by atoms with Crippen LogP contribution in [0.2, 0.25) is 0 Å². The van der Waals surface area contributed by atoms with Crippen LogP contribution in [0.4, 0.5) is 0 Å². The summed E-state index contributed by atoms with van der Waals surface area (Å²) < 4.78 is 36.8. The van der Waals surface area contributed by atoms with E-state index in [9.17, 15) is 18.0 Å². The summed E-state index contributed by atoms with van der Waals surface area (Å²) in [5.74, 6) is -0.926. The number of ether oxygens (including phenoxy) is 1. The van der Waals surface area contributed by atoms with E-state index in [1.807, 2.05) is 0 Å². The van der Waals surface area contributed by atoms with Crippen molar-refractivity contribution in [3.05, 3.63) is 35.2 Å². The SMILES string of the molecule is Cc1cnc(C(=O)OCC(=O)N2CCN(S(=O)(=O)c3c(C)noc3C)CC2)cn1. The molecule has 0 radical (unpaired) electrons. The summed E-state index contributed by atoms with van der Waals surface area (Å²) in [7, 11) is -3.76. The molecule has 1 amide bonds. The second-order valence-corrected chi connectivity index (χ2v) is 8.43. The molecule has 1 aliphatic heterocycles. The fourth-order valence-electron chi connectivity index (χ4n) is 2.94. The maximum atomic E-state index is 12.8. The number of amides is 1. The first kappa shape index (κ1) is 20.9. The van der Waals surface area contributed by atoms with Crippen molar-refractivity contribution in [3.63, 3.8) is 0 Å². The quantitative estimate of drug-likeness (QED) is 0.612. The molecule has 0 atom stereocenters. The molecule has 1 aliphatic rings. The van der Waals surface area contributed by atoms with E-state index in [1.165, 1.54) is 21.6 Å². The third kappa shape index (κ3) is 4.43. The smallest absolute Gasteiger partial charge is 0.359 e.